The highest BCUT2D eigenvalue weighted by Gasteiger charge is 2.48. The monoisotopic (exact) mass is 304 g/mol. The van der Waals surface area contributed by atoms with Gasteiger partial charge in [-0.2, -0.15) is 0 Å². The van der Waals surface area contributed by atoms with Crippen molar-refractivity contribution in [3.63, 3.8) is 0 Å². The van der Waals surface area contributed by atoms with E-state index in [4.69, 9.17) is 0 Å². The van der Waals surface area contributed by atoms with Crippen LogP contribution in [0.2, 0.25) is 0 Å². The van der Waals surface area contributed by atoms with Gasteiger partial charge in [0.2, 0.25) is 11.8 Å². The number of hydrogen-bond acceptors (Lipinski definition) is 3. The Kier molecular flexibility index (Phi) is 4.49. The van der Waals surface area contributed by atoms with Gasteiger partial charge in [0.15, 0.2) is 0 Å². The number of anilines is 1. The van der Waals surface area contributed by atoms with E-state index >= 15 is 0 Å². The number of aliphatic carboxylic acids is 1. The van der Waals surface area contributed by atoms with Crippen LogP contribution in [-0.2, 0) is 14.4 Å². The summed E-state index contributed by atoms with van der Waals surface area (Å²) >= 11 is 0. The van der Waals surface area contributed by atoms with Gasteiger partial charge >= 0.3 is 5.97 Å². The third-order valence-corrected chi connectivity index (χ3v) is 3.84. The Morgan fingerprint density at radius 3 is 2.27 bits per heavy atom. The van der Waals surface area contributed by atoms with Gasteiger partial charge < -0.3 is 10.0 Å². The summed E-state index contributed by atoms with van der Waals surface area (Å²) in [6.07, 6.45) is 0. The first-order valence-corrected chi connectivity index (χ1v) is 7.22. The number of para-hydroxylation sites is 1. The Labute approximate surface area is 129 Å². The van der Waals surface area contributed by atoms with Crippen LogP contribution < -0.4 is 4.90 Å². The van der Waals surface area contributed by atoms with E-state index in [1.807, 2.05) is 6.07 Å². The minimum atomic E-state index is -1.02. The van der Waals surface area contributed by atoms with Gasteiger partial charge in [-0.1, -0.05) is 32.0 Å². The van der Waals surface area contributed by atoms with E-state index in [1.165, 1.54) is 16.7 Å². The molecule has 1 aromatic carbocycles. The molecule has 1 N–H and O–H groups in total. The standard InChI is InChI=1S/C16H20N2O4/c1-10(2)14(16(21)22)17-9-13(15(17)20)18(11(3)19)12-7-5-4-6-8-12/h4-8,10,13-14H,9H2,1-3H3,(H,21,22)/t13-,14+/m0/s1. The Bertz CT molecular complexity index is 585. The molecule has 1 heterocycles. The molecular weight excluding hydrogens is 284 g/mol. The van der Waals surface area contributed by atoms with Crippen molar-refractivity contribution >= 4 is 23.5 Å². The molecule has 1 aromatic rings. The number of nitrogens with zero attached hydrogens (tertiary/aromatic N) is 2. The van der Waals surface area contributed by atoms with Gasteiger partial charge in [-0.25, -0.2) is 4.79 Å². The number of β-lactam (4-membered cyclic amide) rings is 1. The summed E-state index contributed by atoms with van der Waals surface area (Å²) in [7, 11) is 0. The number of benzene rings is 1. The van der Waals surface area contributed by atoms with Crippen molar-refractivity contribution in [2.24, 2.45) is 5.92 Å². The highest BCUT2D eigenvalue weighted by molar-refractivity contribution is 6.03. The van der Waals surface area contributed by atoms with Gasteiger partial charge in [0, 0.05) is 12.6 Å². The SMILES string of the molecule is CC(=O)N(c1ccccc1)[C@H]1CN([C@@H](C(=O)O)C(C)C)C1=O. The molecule has 1 aliphatic rings. The maximum Gasteiger partial charge on any atom is 0.326 e. The van der Waals surface area contributed by atoms with E-state index in [1.54, 1.807) is 38.1 Å². The lowest BCUT2D eigenvalue weighted by Crippen LogP contribution is -2.69. The molecule has 1 saturated heterocycles. The number of carbonyl (C=O) groups is 3. The molecule has 1 fully saturated rings. The molecule has 0 saturated carbocycles. The number of carboxylic acid groups (broad SMARTS) is 1. The van der Waals surface area contributed by atoms with Crippen LogP contribution in [0.5, 0.6) is 0 Å². The van der Waals surface area contributed by atoms with Gasteiger partial charge in [0.1, 0.15) is 12.1 Å². The molecule has 0 bridgehead atoms. The molecule has 22 heavy (non-hydrogen) atoms. The molecule has 6 nitrogen and oxygen atoms in total. The second kappa shape index (κ2) is 6.17. The van der Waals surface area contributed by atoms with Crippen molar-refractivity contribution in [2.45, 2.75) is 32.9 Å². The summed E-state index contributed by atoms with van der Waals surface area (Å²) in [5.74, 6) is -1.76. The lowest BCUT2D eigenvalue weighted by atomic mass is 9.95. The molecular formula is C16H20N2O4. The zero-order chi connectivity index (χ0) is 16.4. The van der Waals surface area contributed by atoms with Gasteiger partial charge in [-0.05, 0) is 18.1 Å². The highest BCUT2D eigenvalue weighted by Crippen LogP contribution is 2.27. The molecule has 2 atom stereocenters. The molecule has 0 spiro atoms. The first-order chi connectivity index (χ1) is 10.3. The third kappa shape index (κ3) is 2.81. The molecule has 1 aliphatic heterocycles. The van der Waals surface area contributed by atoms with Crippen LogP contribution in [0.3, 0.4) is 0 Å². The molecule has 2 amide bonds. The first kappa shape index (κ1) is 16.0. The van der Waals surface area contributed by atoms with E-state index in [2.05, 4.69) is 0 Å². The van der Waals surface area contributed by atoms with E-state index in [9.17, 15) is 19.5 Å². The zero-order valence-corrected chi connectivity index (χ0v) is 12.9. The van der Waals surface area contributed by atoms with Gasteiger partial charge in [-0.3, -0.25) is 14.5 Å². The summed E-state index contributed by atoms with van der Waals surface area (Å²) in [6, 6.07) is 7.45. The highest BCUT2D eigenvalue weighted by atomic mass is 16.4. The van der Waals surface area contributed by atoms with Crippen LogP contribution >= 0.6 is 0 Å². The van der Waals surface area contributed by atoms with Gasteiger partial charge in [0.25, 0.3) is 0 Å². The second-order valence-electron chi connectivity index (χ2n) is 5.76. The molecule has 0 aliphatic carbocycles. The van der Waals surface area contributed by atoms with Crippen LogP contribution in [0.25, 0.3) is 0 Å². The van der Waals surface area contributed by atoms with Gasteiger partial charge in [0.05, 0.1) is 6.54 Å². The molecule has 2 rings (SSSR count). The predicted octanol–water partition coefficient (Wildman–Crippen LogP) is 1.36. The molecule has 0 aromatic heterocycles. The predicted molar refractivity (Wildman–Crippen MR) is 81.4 cm³/mol. The number of rotatable bonds is 5. The molecule has 6 heteroatoms. The lowest BCUT2D eigenvalue weighted by Gasteiger charge is -2.47. The minimum absolute atomic E-state index is 0.190. The van der Waals surface area contributed by atoms with Crippen molar-refractivity contribution in [3.8, 4) is 0 Å². The van der Waals surface area contributed by atoms with Gasteiger partial charge in [-0.15, -0.1) is 0 Å². The van der Waals surface area contributed by atoms with Crippen molar-refractivity contribution < 1.29 is 19.5 Å². The number of carbonyl (C=O) groups excluding carboxylic acids is 2. The van der Waals surface area contributed by atoms with Crippen molar-refractivity contribution in [1.29, 1.82) is 0 Å². The van der Waals surface area contributed by atoms with E-state index in [0.717, 1.165) is 0 Å². The summed E-state index contributed by atoms with van der Waals surface area (Å²) in [4.78, 5) is 38.4. The number of amides is 2. The fourth-order valence-corrected chi connectivity index (χ4v) is 2.82. The average molecular weight is 304 g/mol. The molecule has 0 radical (unpaired) electrons. The summed E-state index contributed by atoms with van der Waals surface area (Å²) in [5, 5.41) is 9.27. The Hall–Kier alpha value is -2.37. The van der Waals surface area contributed by atoms with Crippen molar-refractivity contribution in [1.82, 2.24) is 4.90 Å². The fourth-order valence-electron chi connectivity index (χ4n) is 2.82. The topological polar surface area (TPSA) is 77.9 Å². The fraction of sp³-hybridized carbons (Fsp3) is 0.438. The minimum Gasteiger partial charge on any atom is -0.480 e. The van der Waals surface area contributed by atoms with E-state index in [-0.39, 0.29) is 24.3 Å². The lowest BCUT2D eigenvalue weighted by molar-refractivity contribution is -0.160. The Morgan fingerprint density at radius 1 is 1.27 bits per heavy atom. The number of carboxylic acids is 1. The second-order valence-corrected chi connectivity index (χ2v) is 5.76. The quantitative estimate of drug-likeness (QED) is 0.833. The summed E-state index contributed by atoms with van der Waals surface area (Å²) < 4.78 is 0. The largest absolute Gasteiger partial charge is 0.480 e. The zero-order valence-electron chi connectivity index (χ0n) is 12.9. The maximum absolute atomic E-state index is 12.4. The Balaban J connectivity index is 2.20. The summed E-state index contributed by atoms with van der Waals surface area (Å²) in [6.45, 7) is 5.17. The van der Waals surface area contributed by atoms with Crippen LogP contribution in [0, 0.1) is 5.92 Å². The molecule has 118 valence electrons. The van der Waals surface area contributed by atoms with Crippen molar-refractivity contribution in [3.05, 3.63) is 30.3 Å². The average Bonchev–Trinajstić information content (AvgIpc) is 2.45. The van der Waals surface area contributed by atoms with Crippen LogP contribution in [0.15, 0.2) is 30.3 Å². The maximum atomic E-state index is 12.4. The van der Waals surface area contributed by atoms with Crippen LogP contribution in [0.4, 0.5) is 5.69 Å². The number of likely N-dealkylation sites (tertiary alicyclic amines) is 1. The van der Waals surface area contributed by atoms with Crippen LogP contribution in [-0.4, -0.2) is 46.4 Å². The third-order valence-electron chi connectivity index (χ3n) is 3.84. The first-order valence-electron chi connectivity index (χ1n) is 7.22. The molecule has 0 unspecified atom stereocenters. The normalized spacial score (nSPS) is 18.8. The van der Waals surface area contributed by atoms with Crippen LogP contribution in [0.1, 0.15) is 20.8 Å². The summed E-state index contributed by atoms with van der Waals surface area (Å²) in [5.41, 5.74) is 0.643. The Morgan fingerprint density at radius 2 is 1.86 bits per heavy atom. The smallest absolute Gasteiger partial charge is 0.326 e. The van der Waals surface area contributed by atoms with E-state index < -0.39 is 18.1 Å². The van der Waals surface area contributed by atoms with Crippen molar-refractivity contribution in [2.75, 3.05) is 11.4 Å². The van der Waals surface area contributed by atoms with E-state index in [0.29, 0.717) is 5.69 Å². The number of hydrogen-bond donors (Lipinski definition) is 1.